The summed E-state index contributed by atoms with van der Waals surface area (Å²) in [6.45, 7) is 8.32. The van der Waals surface area contributed by atoms with Gasteiger partial charge in [0, 0.05) is 5.56 Å². The Morgan fingerprint density at radius 3 is 2.47 bits per heavy atom. The molecule has 0 spiro atoms. The van der Waals surface area contributed by atoms with Crippen LogP contribution in [0.5, 0.6) is 11.5 Å². The number of rotatable bonds is 9. The Morgan fingerprint density at radius 1 is 1.05 bits per heavy atom. The third kappa shape index (κ3) is 5.84. The van der Waals surface area contributed by atoms with Crippen LogP contribution >= 0.6 is 12.2 Å². The molecule has 1 aliphatic rings. The maximum atomic E-state index is 13.5. The molecule has 1 aliphatic heterocycles. The lowest BCUT2D eigenvalue weighted by molar-refractivity contribution is -0.122. The van der Waals surface area contributed by atoms with E-state index in [0.717, 1.165) is 28.7 Å². The highest BCUT2D eigenvalue weighted by Gasteiger charge is 2.34. The Hall–Kier alpha value is -4.23. The second kappa shape index (κ2) is 11.9. The number of nitrogens with zero attached hydrogens (tertiary/aromatic N) is 1. The van der Waals surface area contributed by atoms with Crippen molar-refractivity contribution in [1.29, 1.82) is 0 Å². The Labute approximate surface area is 228 Å². The van der Waals surface area contributed by atoms with E-state index in [4.69, 9.17) is 21.7 Å². The van der Waals surface area contributed by atoms with Gasteiger partial charge in [0.05, 0.1) is 12.8 Å². The van der Waals surface area contributed by atoms with E-state index in [0.29, 0.717) is 35.8 Å². The number of anilines is 1. The average Bonchev–Trinajstić information content (AvgIpc) is 2.90. The van der Waals surface area contributed by atoms with Crippen molar-refractivity contribution in [3.05, 3.63) is 107 Å². The van der Waals surface area contributed by atoms with E-state index in [9.17, 15) is 9.59 Å². The molecule has 4 rings (SSSR count). The molecule has 7 heteroatoms. The fourth-order valence-electron chi connectivity index (χ4n) is 4.29. The van der Waals surface area contributed by atoms with Crippen LogP contribution in [0.3, 0.4) is 0 Å². The Kier molecular flexibility index (Phi) is 8.38. The van der Waals surface area contributed by atoms with Gasteiger partial charge in [0.1, 0.15) is 12.2 Å². The van der Waals surface area contributed by atoms with Crippen molar-refractivity contribution < 1.29 is 19.1 Å². The summed E-state index contributed by atoms with van der Waals surface area (Å²) in [5, 5.41) is 2.68. The number of hydrogen-bond donors (Lipinski definition) is 1. The van der Waals surface area contributed by atoms with E-state index in [1.807, 2.05) is 55.5 Å². The van der Waals surface area contributed by atoms with Gasteiger partial charge >= 0.3 is 0 Å². The van der Waals surface area contributed by atoms with Gasteiger partial charge < -0.3 is 9.47 Å². The molecule has 1 heterocycles. The number of carbonyl (C=O) groups excluding carboxylic acids is 2. The molecule has 3 aromatic rings. The lowest BCUT2D eigenvalue weighted by Gasteiger charge is -2.29. The summed E-state index contributed by atoms with van der Waals surface area (Å²) in [6, 6.07) is 19.2. The normalized spacial score (nSPS) is 14.4. The first-order chi connectivity index (χ1) is 18.3. The van der Waals surface area contributed by atoms with Gasteiger partial charge in [-0.2, -0.15) is 0 Å². The summed E-state index contributed by atoms with van der Waals surface area (Å²) in [7, 11) is 1.56. The number of allylic oxidation sites excluding steroid dienone is 1. The van der Waals surface area contributed by atoms with Crippen molar-refractivity contribution in [1.82, 2.24) is 5.32 Å². The highest BCUT2D eigenvalue weighted by atomic mass is 32.1. The number of aryl methyl sites for hydroxylation is 2. The van der Waals surface area contributed by atoms with Crippen LogP contribution in [0.4, 0.5) is 5.69 Å². The molecule has 194 valence electrons. The molecule has 0 aromatic heterocycles. The summed E-state index contributed by atoms with van der Waals surface area (Å²) in [5.74, 6) is 0.0433. The van der Waals surface area contributed by atoms with Crippen molar-refractivity contribution >= 4 is 40.9 Å². The van der Waals surface area contributed by atoms with Gasteiger partial charge in [-0.1, -0.05) is 55.0 Å². The molecule has 6 nitrogen and oxygen atoms in total. The number of thiocarbonyl (C=S) groups is 1. The fraction of sp³-hybridized carbons (Fsp3) is 0.194. The smallest absolute Gasteiger partial charge is 0.270 e. The van der Waals surface area contributed by atoms with Gasteiger partial charge in [-0.05, 0) is 79.0 Å². The SMILES string of the molecule is C=CCc1cc(/C=C2\C(=O)NC(=S)N(c3ccc(CC)cc3)C2=O)cc(OC)c1OCc1cccc(C)c1. The minimum absolute atomic E-state index is 0.0294. The van der Waals surface area contributed by atoms with Gasteiger partial charge in [0.2, 0.25) is 0 Å². The number of methoxy groups -OCH3 is 1. The second-order valence-electron chi connectivity index (χ2n) is 8.96. The predicted molar refractivity (Wildman–Crippen MR) is 154 cm³/mol. The standard InChI is InChI=1S/C31H30N2O4S/c1-5-8-24-16-23(18-27(36-4)28(24)37-19-22-10-7-9-20(3)15-22)17-26-29(34)32-31(38)33(30(26)35)25-13-11-21(6-2)12-14-25/h5,7,9-18H,1,6,8,19H2,2-4H3,(H,32,34,38)/b26-17+. The molecule has 0 unspecified atom stereocenters. The quantitative estimate of drug-likeness (QED) is 0.168. The monoisotopic (exact) mass is 526 g/mol. The van der Waals surface area contributed by atoms with E-state index >= 15 is 0 Å². The van der Waals surface area contributed by atoms with Crippen LogP contribution in [0, 0.1) is 6.92 Å². The molecule has 0 aliphatic carbocycles. The fourth-order valence-corrected chi connectivity index (χ4v) is 4.57. The summed E-state index contributed by atoms with van der Waals surface area (Å²) >= 11 is 5.33. The molecule has 2 amide bonds. The zero-order valence-electron chi connectivity index (χ0n) is 21.7. The molecular weight excluding hydrogens is 496 g/mol. The van der Waals surface area contributed by atoms with Gasteiger partial charge in [0.15, 0.2) is 16.6 Å². The van der Waals surface area contributed by atoms with Crippen molar-refractivity contribution in [3.63, 3.8) is 0 Å². The number of amides is 2. The third-order valence-electron chi connectivity index (χ3n) is 6.22. The molecule has 1 fully saturated rings. The zero-order chi connectivity index (χ0) is 27.2. The van der Waals surface area contributed by atoms with E-state index in [2.05, 4.69) is 24.9 Å². The Bertz CT molecular complexity index is 1430. The van der Waals surface area contributed by atoms with Gasteiger partial charge in [-0.3, -0.25) is 19.8 Å². The van der Waals surface area contributed by atoms with Crippen LogP contribution in [-0.2, 0) is 29.0 Å². The number of benzene rings is 3. The highest BCUT2D eigenvalue weighted by Crippen LogP contribution is 2.35. The van der Waals surface area contributed by atoms with E-state index in [1.165, 1.54) is 4.90 Å². The number of ether oxygens (including phenoxy) is 2. The maximum absolute atomic E-state index is 13.5. The van der Waals surface area contributed by atoms with E-state index in [1.54, 1.807) is 25.3 Å². The molecule has 0 atom stereocenters. The minimum atomic E-state index is -0.551. The van der Waals surface area contributed by atoms with Crippen molar-refractivity contribution in [2.24, 2.45) is 0 Å². The minimum Gasteiger partial charge on any atom is -0.493 e. The molecular formula is C31H30N2O4S. The molecule has 1 N–H and O–H groups in total. The summed E-state index contributed by atoms with van der Waals surface area (Å²) in [5.41, 5.74) is 5.33. The summed E-state index contributed by atoms with van der Waals surface area (Å²) in [6.07, 6.45) is 4.70. The van der Waals surface area contributed by atoms with E-state index < -0.39 is 11.8 Å². The third-order valence-corrected chi connectivity index (χ3v) is 6.50. The average molecular weight is 527 g/mol. The predicted octanol–water partition coefficient (Wildman–Crippen LogP) is 5.70. The number of carbonyl (C=O) groups is 2. The van der Waals surface area contributed by atoms with Crippen LogP contribution in [-0.4, -0.2) is 24.0 Å². The highest BCUT2D eigenvalue weighted by molar-refractivity contribution is 7.80. The molecule has 0 bridgehead atoms. The Morgan fingerprint density at radius 2 is 1.82 bits per heavy atom. The lowest BCUT2D eigenvalue weighted by Crippen LogP contribution is -2.54. The number of nitrogens with one attached hydrogen (secondary N) is 1. The second-order valence-corrected chi connectivity index (χ2v) is 9.35. The first-order valence-electron chi connectivity index (χ1n) is 12.3. The van der Waals surface area contributed by atoms with Crippen LogP contribution in [0.1, 0.15) is 34.7 Å². The van der Waals surface area contributed by atoms with Crippen LogP contribution in [0.25, 0.3) is 6.08 Å². The van der Waals surface area contributed by atoms with Gasteiger partial charge in [-0.25, -0.2) is 0 Å². The lowest BCUT2D eigenvalue weighted by atomic mass is 10.0. The first-order valence-corrected chi connectivity index (χ1v) is 12.8. The largest absolute Gasteiger partial charge is 0.493 e. The molecule has 38 heavy (non-hydrogen) atoms. The molecule has 0 saturated carbocycles. The summed E-state index contributed by atoms with van der Waals surface area (Å²) < 4.78 is 11.8. The molecule has 3 aromatic carbocycles. The topological polar surface area (TPSA) is 67.9 Å². The van der Waals surface area contributed by atoms with Crippen LogP contribution in [0.2, 0.25) is 0 Å². The van der Waals surface area contributed by atoms with Gasteiger partial charge in [-0.15, -0.1) is 6.58 Å². The van der Waals surface area contributed by atoms with Crippen molar-refractivity contribution in [2.75, 3.05) is 12.0 Å². The number of hydrogen-bond acceptors (Lipinski definition) is 5. The van der Waals surface area contributed by atoms with Crippen molar-refractivity contribution in [2.45, 2.75) is 33.3 Å². The Balaban J connectivity index is 1.68. The maximum Gasteiger partial charge on any atom is 0.270 e. The molecule has 1 saturated heterocycles. The van der Waals surface area contributed by atoms with Gasteiger partial charge in [0.25, 0.3) is 11.8 Å². The first kappa shape index (κ1) is 26.8. The summed E-state index contributed by atoms with van der Waals surface area (Å²) in [4.78, 5) is 27.6. The molecule has 0 radical (unpaired) electrons. The van der Waals surface area contributed by atoms with Crippen LogP contribution in [0.15, 0.2) is 78.9 Å². The van der Waals surface area contributed by atoms with Crippen molar-refractivity contribution in [3.8, 4) is 11.5 Å². The van der Waals surface area contributed by atoms with E-state index in [-0.39, 0.29) is 10.7 Å². The zero-order valence-corrected chi connectivity index (χ0v) is 22.6. The van der Waals surface area contributed by atoms with Crippen LogP contribution < -0.4 is 19.7 Å².